The van der Waals surface area contributed by atoms with Crippen LogP contribution < -0.4 is 0 Å². The second kappa shape index (κ2) is 4.52. The SMILES string of the molecule is CCC(O)(C(=O)O)C1CCC(C)CC1C. The summed E-state index contributed by atoms with van der Waals surface area (Å²) in [7, 11) is 0. The maximum atomic E-state index is 11.1. The Bertz CT molecular complexity index is 239. The molecule has 2 N–H and O–H groups in total. The van der Waals surface area contributed by atoms with Crippen LogP contribution in [0.15, 0.2) is 0 Å². The molecule has 0 saturated heterocycles. The van der Waals surface area contributed by atoms with Crippen molar-refractivity contribution in [2.45, 2.75) is 52.1 Å². The van der Waals surface area contributed by atoms with Gasteiger partial charge in [0.2, 0.25) is 0 Å². The fraction of sp³-hybridized carbons (Fsp3) is 0.917. The second-order valence-electron chi connectivity index (χ2n) is 5.08. The molecule has 0 aromatic heterocycles. The fourth-order valence-corrected chi connectivity index (χ4v) is 2.95. The highest BCUT2D eigenvalue weighted by atomic mass is 16.4. The topological polar surface area (TPSA) is 57.5 Å². The molecule has 0 aliphatic heterocycles. The van der Waals surface area contributed by atoms with Gasteiger partial charge in [-0.25, -0.2) is 4.79 Å². The molecular weight excluding hydrogens is 192 g/mol. The molecule has 0 amide bonds. The van der Waals surface area contributed by atoms with Crippen molar-refractivity contribution in [1.29, 1.82) is 0 Å². The maximum absolute atomic E-state index is 11.1. The lowest BCUT2D eigenvalue weighted by Crippen LogP contribution is -2.49. The Morgan fingerprint density at radius 3 is 2.40 bits per heavy atom. The minimum atomic E-state index is -1.51. The molecule has 0 radical (unpaired) electrons. The van der Waals surface area contributed by atoms with Crippen LogP contribution in [0, 0.1) is 17.8 Å². The Balaban J connectivity index is 2.81. The molecule has 1 aliphatic carbocycles. The first-order chi connectivity index (χ1) is 6.91. The zero-order chi connectivity index (χ0) is 11.6. The molecule has 0 aromatic rings. The summed E-state index contributed by atoms with van der Waals surface area (Å²) in [6.07, 6.45) is 3.19. The third kappa shape index (κ3) is 2.33. The van der Waals surface area contributed by atoms with E-state index < -0.39 is 11.6 Å². The zero-order valence-corrected chi connectivity index (χ0v) is 9.86. The van der Waals surface area contributed by atoms with E-state index in [1.807, 2.05) is 0 Å². The first-order valence-corrected chi connectivity index (χ1v) is 5.87. The Labute approximate surface area is 91.5 Å². The van der Waals surface area contributed by atoms with Crippen LogP contribution in [0.25, 0.3) is 0 Å². The first-order valence-electron chi connectivity index (χ1n) is 5.87. The average molecular weight is 214 g/mol. The van der Waals surface area contributed by atoms with Gasteiger partial charge in [-0.15, -0.1) is 0 Å². The molecule has 3 nitrogen and oxygen atoms in total. The monoisotopic (exact) mass is 214 g/mol. The Kier molecular flexibility index (Phi) is 3.77. The van der Waals surface area contributed by atoms with E-state index in [1.54, 1.807) is 6.92 Å². The fourth-order valence-electron chi connectivity index (χ4n) is 2.95. The van der Waals surface area contributed by atoms with E-state index in [2.05, 4.69) is 13.8 Å². The standard InChI is InChI=1S/C12H22O3/c1-4-12(15,11(13)14)10-6-5-8(2)7-9(10)3/h8-10,15H,4-7H2,1-3H3,(H,13,14). The molecule has 4 unspecified atom stereocenters. The van der Waals surface area contributed by atoms with Gasteiger partial charge >= 0.3 is 5.97 Å². The molecule has 88 valence electrons. The minimum Gasteiger partial charge on any atom is -0.479 e. The molecule has 0 spiro atoms. The Morgan fingerprint density at radius 1 is 1.40 bits per heavy atom. The Hall–Kier alpha value is -0.570. The summed E-state index contributed by atoms with van der Waals surface area (Å²) in [4.78, 5) is 11.1. The lowest BCUT2D eigenvalue weighted by atomic mass is 9.67. The van der Waals surface area contributed by atoms with E-state index in [0.29, 0.717) is 18.3 Å². The normalized spacial score (nSPS) is 35.9. The number of carboxylic acid groups (broad SMARTS) is 1. The molecule has 15 heavy (non-hydrogen) atoms. The van der Waals surface area contributed by atoms with E-state index in [-0.39, 0.29) is 5.92 Å². The van der Waals surface area contributed by atoms with Crippen LogP contribution in [0.2, 0.25) is 0 Å². The van der Waals surface area contributed by atoms with E-state index in [4.69, 9.17) is 5.11 Å². The van der Waals surface area contributed by atoms with Crippen molar-refractivity contribution < 1.29 is 15.0 Å². The van der Waals surface area contributed by atoms with Gasteiger partial charge in [0, 0.05) is 5.92 Å². The van der Waals surface area contributed by atoms with Crippen molar-refractivity contribution in [2.24, 2.45) is 17.8 Å². The summed E-state index contributed by atoms with van der Waals surface area (Å²) < 4.78 is 0. The molecule has 4 atom stereocenters. The molecule has 1 rings (SSSR count). The molecule has 1 aliphatic rings. The molecular formula is C12H22O3. The maximum Gasteiger partial charge on any atom is 0.335 e. The van der Waals surface area contributed by atoms with Crippen molar-refractivity contribution in [1.82, 2.24) is 0 Å². The summed E-state index contributed by atoms with van der Waals surface area (Å²) in [5, 5.41) is 19.3. The zero-order valence-electron chi connectivity index (χ0n) is 9.86. The summed E-state index contributed by atoms with van der Waals surface area (Å²) in [6, 6.07) is 0. The predicted molar refractivity (Wildman–Crippen MR) is 58.5 cm³/mol. The largest absolute Gasteiger partial charge is 0.479 e. The number of carbonyl (C=O) groups is 1. The van der Waals surface area contributed by atoms with Crippen LogP contribution in [0.4, 0.5) is 0 Å². The van der Waals surface area contributed by atoms with Crippen LogP contribution in [0.3, 0.4) is 0 Å². The number of hydrogen-bond donors (Lipinski definition) is 2. The van der Waals surface area contributed by atoms with Gasteiger partial charge in [-0.3, -0.25) is 0 Å². The number of hydrogen-bond acceptors (Lipinski definition) is 2. The predicted octanol–water partition coefficient (Wildman–Crippen LogP) is 2.28. The van der Waals surface area contributed by atoms with Crippen LogP contribution in [-0.4, -0.2) is 21.8 Å². The highest BCUT2D eigenvalue weighted by molar-refractivity contribution is 5.77. The number of carboxylic acids is 1. The van der Waals surface area contributed by atoms with Crippen molar-refractivity contribution >= 4 is 5.97 Å². The van der Waals surface area contributed by atoms with E-state index in [0.717, 1.165) is 19.3 Å². The van der Waals surface area contributed by atoms with Gasteiger partial charge in [0.15, 0.2) is 5.60 Å². The van der Waals surface area contributed by atoms with Crippen LogP contribution >= 0.6 is 0 Å². The number of aliphatic carboxylic acids is 1. The summed E-state index contributed by atoms with van der Waals surface area (Å²) in [5.41, 5.74) is -1.51. The lowest BCUT2D eigenvalue weighted by molar-refractivity contribution is -0.170. The van der Waals surface area contributed by atoms with Gasteiger partial charge in [0.05, 0.1) is 0 Å². The first kappa shape index (κ1) is 12.5. The Morgan fingerprint density at radius 2 is 2.00 bits per heavy atom. The van der Waals surface area contributed by atoms with Gasteiger partial charge < -0.3 is 10.2 Å². The van der Waals surface area contributed by atoms with Crippen LogP contribution in [-0.2, 0) is 4.79 Å². The summed E-state index contributed by atoms with van der Waals surface area (Å²) in [6.45, 7) is 6.00. The van der Waals surface area contributed by atoms with Crippen molar-refractivity contribution in [3.63, 3.8) is 0 Å². The molecule has 1 saturated carbocycles. The van der Waals surface area contributed by atoms with E-state index in [9.17, 15) is 9.90 Å². The average Bonchev–Trinajstić information content (AvgIpc) is 2.16. The van der Waals surface area contributed by atoms with Gasteiger partial charge in [0.25, 0.3) is 0 Å². The van der Waals surface area contributed by atoms with Gasteiger partial charge in [0.1, 0.15) is 0 Å². The van der Waals surface area contributed by atoms with E-state index in [1.165, 1.54) is 0 Å². The summed E-state index contributed by atoms with van der Waals surface area (Å²) in [5.74, 6) is -0.187. The van der Waals surface area contributed by atoms with Crippen molar-refractivity contribution in [2.75, 3.05) is 0 Å². The molecule has 0 heterocycles. The molecule has 0 bridgehead atoms. The third-order valence-corrected chi connectivity index (χ3v) is 3.95. The highest BCUT2D eigenvalue weighted by Crippen LogP contribution is 2.41. The van der Waals surface area contributed by atoms with Gasteiger partial charge in [-0.05, 0) is 31.1 Å². The van der Waals surface area contributed by atoms with Crippen molar-refractivity contribution in [3.05, 3.63) is 0 Å². The summed E-state index contributed by atoms with van der Waals surface area (Å²) >= 11 is 0. The molecule has 3 heteroatoms. The van der Waals surface area contributed by atoms with Crippen molar-refractivity contribution in [3.8, 4) is 0 Å². The van der Waals surface area contributed by atoms with Crippen LogP contribution in [0.1, 0.15) is 46.5 Å². The van der Waals surface area contributed by atoms with E-state index >= 15 is 0 Å². The number of rotatable bonds is 3. The lowest BCUT2D eigenvalue weighted by Gasteiger charge is -2.40. The second-order valence-corrected chi connectivity index (χ2v) is 5.08. The minimum absolute atomic E-state index is 0.0869. The smallest absolute Gasteiger partial charge is 0.335 e. The molecule has 0 aromatic carbocycles. The van der Waals surface area contributed by atoms with Crippen LogP contribution in [0.5, 0.6) is 0 Å². The van der Waals surface area contributed by atoms with Gasteiger partial charge in [-0.2, -0.15) is 0 Å². The third-order valence-electron chi connectivity index (χ3n) is 3.95. The molecule has 1 fully saturated rings. The van der Waals surface area contributed by atoms with Gasteiger partial charge in [-0.1, -0.05) is 27.2 Å². The highest BCUT2D eigenvalue weighted by Gasteiger charge is 2.46. The quantitative estimate of drug-likeness (QED) is 0.757. The number of aliphatic hydroxyl groups is 1.